The highest BCUT2D eigenvalue weighted by Crippen LogP contribution is 2.34. The topological polar surface area (TPSA) is 237 Å². The number of nitrogens with zero attached hydrogens (tertiary/aromatic N) is 2. The lowest BCUT2D eigenvalue weighted by molar-refractivity contribution is -0.385. The van der Waals surface area contributed by atoms with Crippen molar-refractivity contribution in [2.75, 3.05) is 12.4 Å². The number of nitro benzene ring substituents is 2. The molecule has 0 aliphatic carbocycles. The van der Waals surface area contributed by atoms with Gasteiger partial charge in [0.05, 0.1) is 41.8 Å². The number of aliphatic carboxylic acids is 3. The molecule has 0 saturated carbocycles. The van der Waals surface area contributed by atoms with E-state index in [9.17, 15) is 52.6 Å². The number of hydrogen-bond acceptors (Lipinski definition) is 9. The molecule has 15 nitrogen and oxygen atoms in total. The van der Waals surface area contributed by atoms with Crippen LogP contribution in [0.5, 0.6) is 5.75 Å². The van der Waals surface area contributed by atoms with Crippen LogP contribution in [-0.4, -0.2) is 56.1 Å². The lowest BCUT2D eigenvalue weighted by Crippen LogP contribution is -2.08. The zero-order valence-electron chi connectivity index (χ0n) is 34.2. The standard InChI is InChI=1S/C17H17NO4.C15H10F3NO4.C14H10ClNO4/c1-11(19)18-14-5-8-16(13(9-14)10-17(20)21)12-3-6-15(22-2)7-4-12;16-15(17,18)11-3-1-9(2-4-11)13-6-5-12(19(22)23)7-10(13)8-14(20)21;15-11-3-1-9(2-4-11)13-6-5-12(16(19)20)7-10(13)8-14(17)18/h3-9H,10H2,1-2H3,(H,18,19)(H,20,21);1-7H,8H2,(H,20,21);1-7H,8H2,(H,17,18). The normalized spacial score (nSPS) is 10.6. The summed E-state index contributed by atoms with van der Waals surface area (Å²) in [5.41, 5.74) is 4.36. The lowest BCUT2D eigenvalue weighted by atomic mass is 9.96. The first-order valence-corrected chi connectivity index (χ1v) is 19.2. The van der Waals surface area contributed by atoms with E-state index in [1.54, 1.807) is 49.6 Å². The zero-order chi connectivity index (χ0) is 48.0. The number of rotatable bonds is 13. The van der Waals surface area contributed by atoms with Crippen LogP contribution in [0.2, 0.25) is 5.02 Å². The first-order chi connectivity index (χ1) is 30.6. The first-order valence-electron chi connectivity index (χ1n) is 18.8. The molecule has 0 aliphatic heterocycles. The van der Waals surface area contributed by atoms with Crippen molar-refractivity contribution in [1.29, 1.82) is 0 Å². The minimum absolute atomic E-state index is 0.116. The van der Waals surface area contributed by atoms with Crippen LogP contribution in [0, 0.1) is 20.2 Å². The first kappa shape index (κ1) is 49.5. The van der Waals surface area contributed by atoms with Gasteiger partial charge in [0.25, 0.3) is 11.4 Å². The summed E-state index contributed by atoms with van der Waals surface area (Å²) in [6, 6.07) is 31.5. The summed E-state index contributed by atoms with van der Waals surface area (Å²) >= 11 is 5.81. The molecule has 0 bridgehead atoms. The molecule has 0 saturated heterocycles. The van der Waals surface area contributed by atoms with Gasteiger partial charge in [-0.15, -0.1) is 0 Å². The summed E-state index contributed by atoms with van der Waals surface area (Å²) < 4.78 is 42.8. The molecule has 6 rings (SSSR count). The van der Waals surface area contributed by atoms with Crippen LogP contribution in [0.4, 0.5) is 30.2 Å². The molecule has 19 heteroatoms. The molecule has 0 spiro atoms. The molecule has 65 heavy (non-hydrogen) atoms. The minimum Gasteiger partial charge on any atom is -0.497 e. The highest BCUT2D eigenvalue weighted by Gasteiger charge is 2.30. The molecular formula is C46H37ClF3N3O12. The largest absolute Gasteiger partial charge is 0.497 e. The van der Waals surface area contributed by atoms with Crippen molar-refractivity contribution in [1.82, 2.24) is 0 Å². The fourth-order valence-corrected chi connectivity index (χ4v) is 6.40. The van der Waals surface area contributed by atoms with Crippen LogP contribution in [0.25, 0.3) is 33.4 Å². The van der Waals surface area contributed by atoms with Crippen molar-refractivity contribution in [2.24, 2.45) is 0 Å². The zero-order valence-corrected chi connectivity index (χ0v) is 34.9. The van der Waals surface area contributed by atoms with Crippen LogP contribution >= 0.6 is 11.6 Å². The molecule has 6 aromatic rings. The molecule has 0 unspecified atom stereocenters. The molecule has 0 aliphatic rings. The van der Waals surface area contributed by atoms with E-state index in [2.05, 4.69) is 5.32 Å². The second-order valence-corrected chi connectivity index (χ2v) is 14.2. The quantitative estimate of drug-likeness (QED) is 0.0625. The second kappa shape index (κ2) is 22.3. The number of nitro groups is 2. The van der Waals surface area contributed by atoms with Crippen LogP contribution in [0.1, 0.15) is 29.2 Å². The molecule has 0 fully saturated rings. The lowest BCUT2D eigenvalue weighted by Gasteiger charge is -2.12. The number of alkyl halides is 3. The van der Waals surface area contributed by atoms with Gasteiger partial charge in [0.15, 0.2) is 0 Å². The average molecular weight is 916 g/mol. The molecule has 6 aromatic carbocycles. The predicted molar refractivity (Wildman–Crippen MR) is 234 cm³/mol. The van der Waals surface area contributed by atoms with Gasteiger partial charge in [-0.1, -0.05) is 54.1 Å². The van der Waals surface area contributed by atoms with Crippen LogP contribution in [-0.2, 0) is 44.6 Å². The number of carboxylic acid groups (broad SMARTS) is 3. The number of carbonyl (C=O) groups excluding carboxylic acids is 1. The van der Waals surface area contributed by atoms with Crippen LogP contribution < -0.4 is 10.1 Å². The average Bonchev–Trinajstić information content (AvgIpc) is 3.23. The third kappa shape index (κ3) is 14.7. The second-order valence-electron chi connectivity index (χ2n) is 13.8. The number of ether oxygens (including phenoxy) is 1. The molecule has 0 aromatic heterocycles. The molecule has 0 heterocycles. The number of anilines is 1. The van der Waals surface area contributed by atoms with E-state index in [4.69, 9.17) is 31.7 Å². The van der Waals surface area contributed by atoms with Crippen molar-refractivity contribution in [2.45, 2.75) is 32.4 Å². The Labute approximate surface area is 372 Å². The smallest absolute Gasteiger partial charge is 0.416 e. The number of benzene rings is 6. The Bertz CT molecular complexity index is 2710. The van der Waals surface area contributed by atoms with Gasteiger partial charge in [-0.2, -0.15) is 13.2 Å². The Morgan fingerprint density at radius 2 is 0.969 bits per heavy atom. The summed E-state index contributed by atoms with van der Waals surface area (Å²) in [7, 11) is 1.59. The fraction of sp³-hybridized carbons (Fsp3) is 0.130. The van der Waals surface area contributed by atoms with Gasteiger partial charge < -0.3 is 25.4 Å². The number of carbonyl (C=O) groups is 4. The summed E-state index contributed by atoms with van der Waals surface area (Å²) in [4.78, 5) is 64.3. The highest BCUT2D eigenvalue weighted by atomic mass is 35.5. The number of nitrogens with one attached hydrogen (secondary N) is 1. The molecule has 1 amide bonds. The van der Waals surface area contributed by atoms with Crippen LogP contribution in [0.15, 0.2) is 127 Å². The van der Waals surface area contributed by atoms with E-state index in [0.717, 1.165) is 40.6 Å². The molecule has 0 atom stereocenters. The van der Waals surface area contributed by atoms with Gasteiger partial charge in [0.1, 0.15) is 5.75 Å². The highest BCUT2D eigenvalue weighted by molar-refractivity contribution is 6.30. The van der Waals surface area contributed by atoms with Crippen molar-refractivity contribution in [3.05, 3.63) is 175 Å². The van der Waals surface area contributed by atoms with Crippen molar-refractivity contribution in [3.63, 3.8) is 0 Å². The Morgan fingerprint density at radius 1 is 0.600 bits per heavy atom. The molecule has 0 radical (unpaired) electrons. The minimum atomic E-state index is -4.47. The predicted octanol–water partition coefficient (Wildman–Crippen LogP) is 10.4. The van der Waals surface area contributed by atoms with E-state index in [-0.39, 0.29) is 35.7 Å². The van der Waals surface area contributed by atoms with Crippen molar-refractivity contribution >= 4 is 52.5 Å². The summed E-state index contributed by atoms with van der Waals surface area (Å²) in [6.45, 7) is 1.41. The monoisotopic (exact) mass is 915 g/mol. The summed E-state index contributed by atoms with van der Waals surface area (Å²) in [5.74, 6) is -2.62. The van der Waals surface area contributed by atoms with E-state index >= 15 is 0 Å². The van der Waals surface area contributed by atoms with E-state index < -0.39 is 45.9 Å². The molecule has 336 valence electrons. The van der Waals surface area contributed by atoms with Crippen molar-refractivity contribution in [3.8, 4) is 39.1 Å². The van der Waals surface area contributed by atoms with E-state index in [1.165, 1.54) is 43.3 Å². The third-order valence-corrected chi connectivity index (χ3v) is 9.38. The third-order valence-electron chi connectivity index (χ3n) is 9.13. The number of hydrogen-bond donors (Lipinski definition) is 4. The maximum Gasteiger partial charge on any atom is 0.416 e. The Hall–Kier alpha value is -8.12. The molecule has 4 N–H and O–H groups in total. The van der Waals surface area contributed by atoms with Crippen molar-refractivity contribution < 1.29 is 62.3 Å². The Balaban J connectivity index is 0.000000214. The van der Waals surface area contributed by atoms with Gasteiger partial charge >= 0.3 is 24.1 Å². The van der Waals surface area contributed by atoms with Gasteiger partial charge in [0, 0.05) is 41.9 Å². The van der Waals surface area contributed by atoms with Gasteiger partial charge in [-0.05, 0) is 111 Å². The number of halogens is 4. The maximum atomic E-state index is 12.6. The Kier molecular flexibility index (Phi) is 17.0. The van der Waals surface area contributed by atoms with Gasteiger partial charge in [-0.25, -0.2) is 0 Å². The summed E-state index contributed by atoms with van der Waals surface area (Å²) in [6.07, 6.45) is -5.34. The fourth-order valence-electron chi connectivity index (χ4n) is 6.27. The number of amides is 1. The Morgan fingerprint density at radius 3 is 1.32 bits per heavy atom. The number of methoxy groups -OCH3 is 1. The SMILES string of the molecule is COc1ccc(-c2ccc(NC(C)=O)cc2CC(=O)O)cc1.O=C(O)Cc1cc([N+](=O)[O-])ccc1-c1ccc(C(F)(F)F)cc1.O=C(O)Cc1cc([N+](=O)[O-])ccc1-c1ccc(Cl)cc1. The molecular weight excluding hydrogens is 879 g/mol. The number of carboxylic acids is 3. The number of non-ortho nitro benzene ring substituents is 2. The summed E-state index contributed by atoms with van der Waals surface area (Å²) in [5, 5.41) is 51.7. The van der Waals surface area contributed by atoms with E-state index in [0.29, 0.717) is 38.5 Å². The maximum absolute atomic E-state index is 12.6. The van der Waals surface area contributed by atoms with Gasteiger partial charge in [-0.3, -0.25) is 39.4 Å². The van der Waals surface area contributed by atoms with E-state index in [1.807, 2.05) is 30.3 Å². The van der Waals surface area contributed by atoms with Crippen LogP contribution in [0.3, 0.4) is 0 Å². The van der Waals surface area contributed by atoms with Gasteiger partial charge in [0.2, 0.25) is 5.91 Å².